The molecule has 0 aliphatic heterocycles. The number of aromatic nitrogens is 3. The van der Waals surface area contributed by atoms with Gasteiger partial charge in [0.1, 0.15) is 5.75 Å². The van der Waals surface area contributed by atoms with Crippen molar-refractivity contribution in [1.82, 2.24) is 15.0 Å². The first-order valence-corrected chi connectivity index (χ1v) is 7.40. The highest BCUT2D eigenvalue weighted by Crippen LogP contribution is 2.29. The molecule has 0 amide bonds. The molecule has 0 spiro atoms. The van der Waals surface area contributed by atoms with E-state index in [0.717, 1.165) is 24.3 Å². The van der Waals surface area contributed by atoms with Crippen LogP contribution in [0, 0.1) is 0 Å². The molecule has 0 saturated heterocycles. The maximum Gasteiger partial charge on any atom is 0.328 e. The van der Waals surface area contributed by atoms with Crippen molar-refractivity contribution in [3.05, 3.63) is 35.1 Å². The van der Waals surface area contributed by atoms with Crippen molar-refractivity contribution in [2.75, 3.05) is 11.9 Å². The molecular formula is C15H19ClN4O. The van der Waals surface area contributed by atoms with Gasteiger partial charge in [0.25, 0.3) is 0 Å². The average molecular weight is 307 g/mol. The highest BCUT2D eigenvalue weighted by atomic mass is 35.5. The van der Waals surface area contributed by atoms with Crippen LogP contribution in [0.15, 0.2) is 24.3 Å². The summed E-state index contributed by atoms with van der Waals surface area (Å²) in [5.41, 5.74) is 1.09. The molecule has 0 bridgehead atoms. The van der Waals surface area contributed by atoms with Crippen molar-refractivity contribution in [2.24, 2.45) is 0 Å². The Kier molecular flexibility index (Phi) is 5.33. The van der Waals surface area contributed by atoms with Crippen LogP contribution < -0.4 is 10.1 Å². The molecule has 0 fully saturated rings. The summed E-state index contributed by atoms with van der Waals surface area (Å²) in [7, 11) is 0. The topological polar surface area (TPSA) is 59.9 Å². The van der Waals surface area contributed by atoms with Gasteiger partial charge in [0, 0.05) is 6.54 Å². The fraction of sp³-hybridized carbons (Fsp3) is 0.400. The molecule has 2 aromatic rings. The lowest BCUT2D eigenvalue weighted by atomic mass is 10.0. The van der Waals surface area contributed by atoms with E-state index in [1.54, 1.807) is 0 Å². The summed E-state index contributed by atoms with van der Waals surface area (Å²) in [4.78, 5) is 12.3. The van der Waals surface area contributed by atoms with Gasteiger partial charge >= 0.3 is 6.01 Å². The van der Waals surface area contributed by atoms with Crippen molar-refractivity contribution in [1.29, 1.82) is 0 Å². The van der Waals surface area contributed by atoms with Crippen molar-refractivity contribution in [3.63, 3.8) is 0 Å². The number of rotatable bonds is 6. The number of halogens is 1. The summed E-state index contributed by atoms with van der Waals surface area (Å²) in [6.07, 6.45) is 0.968. The maximum absolute atomic E-state index is 5.92. The molecule has 112 valence electrons. The van der Waals surface area contributed by atoms with E-state index in [4.69, 9.17) is 16.3 Å². The minimum absolute atomic E-state index is 0.112. The predicted octanol–water partition coefficient (Wildman–Crippen LogP) is 4.26. The first-order valence-electron chi connectivity index (χ1n) is 7.02. The molecule has 0 saturated carbocycles. The molecule has 1 N–H and O–H groups in total. The van der Waals surface area contributed by atoms with Gasteiger partial charge in [-0.1, -0.05) is 39.0 Å². The Balaban J connectivity index is 2.25. The second kappa shape index (κ2) is 7.22. The SMILES string of the molecule is CCCNc1nc(Cl)nc(Oc2ccccc2C(C)C)n1. The fourth-order valence-electron chi connectivity index (χ4n) is 1.84. The lowest BCUT2D eigenvalue weighted by Crippen LogP contribution is -2.06. The zero-order valence-electron chi connectivity index (χ0n) is 12.4. The van der Waals surface area contributed by atoms with Gasteiger partial charge < -0.3 is 10.1 Å². The van der Waals surface area contributed by atoms with E-state index in [-0.39, 0.29) is 11.3 Å². The van der Waals surface area contributed by atoms with Crippen LogP contribution in [0.25, 0.3) is 0 Å². The highest BCUT2D eigenvalue weighted by molar-refractivity contribution is 6.28. The Morgan fingerprint density at radius 3 is 2.67 bits per heavy atom. The smallest absolute Gasteiger partial charge is 0.328 e. The molecule has 0 aliphatic carbocycles. The normalized spacial score (nSPS) is 10.7. The van der Waals surface area contributed by atoms with Crippen LogP contribution in [0.5, 0.6) is 11.8 Å². The zero-order valence-corrected chi connectivity index (χ0v) is 13.2. The van der Waals surface area contributed by atoms with Crippen LogP contribution in [0.2, 0.25) is 5.28 Å². The Labute approximate surface area is 129 Å². The van der Waals surface area contributed by atoms with Gasteiger partial charge in [0.05, 0.1) is 0 Å². The number of hydrogen-bond acceptors (Lipinski definition) is 5. The summed E-state index contributed by atoms with van der Waals surface area (Å²) in [6.45, 7) is 7.04. The Hall–Kier alpha value is -1.88. The summed E-state index contributed by atoms with van der Waals surface area (Å²) >= 11 is 5.92. The van der Waals surface area contributed by atoms with Crippen LogP contribution in [0.4, 0.5) is 5.95 Å². The van der Waals surface area contributed by atoms with E-state index in [0.29, 0.717) is 11.9 Å². The summed E-state index contributed by atoms with van der Waals surface area (Å²) in [6, 6.07) is 8.02. The first-order chi connectivity index (χ1) is 10.1. The largest absolute Gasteiger partial charge is 0.424 e. The third kappa shape index (κ3) is 4.29. The van der Waals surface area contributed by atoms with Crippen LogP contribution in [-0.4, -0.2) is 21.5 Å². The minimum atomic E-state index is 0.112. The molecule has 1 aromatic heterocycles. The van der Waals surface area contributed by atoms with E-state index >= 15 is 0 Å². The van der Waals surface area contributed by atoms with Crippen molar-refractivity contribution >= 4 is 17.5 Å². The molecule has 0 unspecified atom stereocenters. The Bertz CT molecular complexity index is 604. The Morgan fingerprint density at radius 1 is 1.19 bits per heavy atom. The van der Waals surface area contributed by atoms with Gasteiger partial charge in [-0.15, -0.1) is 0 Å². The van der Waals surface area contributed by atoms with Gasteiger partial charge in [-0.05, 0) is 35.6 Å². The molecule has 1 aromatic carbocycles. The lowest BCUT2D eigenvalue weighted by Gasteiger charge is -2.12. The summed E-state index contributed by atoms with van der Waals surface area (Å²) < 4.78 is 5.79. The van der Waals surface area contributed by atoms with E-state index in [9.17, 15) is 0 Å². The van der Waals surface area contributed by atoms with Gasteiger partial charge in [-0.3, -0.25) is 0 Å². The number of ether oxygens (including phenoxy) is 1. The molecule has 1 heterocycles. The quantitative estimate of drug-likeness (QED) is 0.864. The highest BCUT2D eigenvalue weighted by Gasteiger charge is 2.11. The van der Waals surface area contributed by atoms with Crippen LogP contribution in [-0.2, 0) is 0 Å². The van der Waals surface area contributed by atoms with E-state index < -0.39 is 0 Å². The molecule has 21 heavy (non-hydrogen) atoms. The monoisotopic (exact) mass is 306 g/mol. The fourth-order valence-corrected chi connectivity index (χ4v) is 1.99. The van der Waals surface area contributed by atoms with Gasteiger partial charge in [-0.25, -0.2) is 0 Å². The second-order valence-electron chi connectivity index (χ2n) is 4.93. The zero-order chi connectivity index (χ0) is 15.2. The van der Waals surface area contributed by atoms with E-state index in [2.05, 4.69) is 41.0 Å². The van der Waals surface area contributed by atoms with Gasteiger partial charge in [0.15, 0.2) is 0 Å². The third-order valence-electron chi connectivity index (χ3n) is 2.86. The molecule has 0 radical (unpaired) electrons. The van der Waals surface area contributed by atoms with Crippen molar-refractivity contribution in [3.8, 4) is 11.8 Å². The van der Waals surface area contributed by atoms with Gasteiger partial charge in [0.2, 0.25) is 11.2 Å². The lowest BCUT2D eigenvalue weighted by molar-refractivity contribution is 0.433. The van der Waals surface area contributed by atoms with Crippen molar-refractivity contribution < 1.29 is 4.74 Å². The van der Waals surface area contributed by atoms with Crippen LogP contribution >= 0.6 is 11.6 Å². The molecule has 6 heteroatoms. The van der Waals surface area contributed by atoms with E-state index in [1.165, 1.54) is 0 Å². The summed E-state index contributed by atoms with van der Waals surface area (Å²) in [5.74, 6) is 1.50. The molecule has 2 rings (SSSR count). The third-order valence-corrected chi connectivity index (χ3v) is 3.03. The molecular weight excluding hydrogens is 288 g/mol. The molecule has 5 nitrogen and oxygen atoms in total. The number of anilines is 1. The number of nitrogens with zero attached hydrogens (tertiary/aromatic N) is 3. The van der Waals surface area contributed by atoms with Crippen LogP contribution in [0.3, 0.4) is 0 Å². The van der Waals surface area contributed by atoms with Crippen LogP contribution in [0.1, 0.15) is 38.7 Å². The number of para-hydroxylation sites is 1. The summed E-state index contributed by atoms with van der Waals surface area (Å²) in [5, 5.41) is 3.18. The van der Waals surface area contributed by atoms with E-state index in [1.807, 2.05) is 24.3 Å². The second-order valence-corrected chi connectivity index (χ2v) is 5.27. The minimum Gasteiger partial charge on any atom is -0.424 e. The number of hydrogen-bond donors (Lipinski definition) is 1. The number of benzene rings is 1. The van der Waals surface area contributed by atoms with Gasteiger partial charge in [-0.2, -0.15) is 15.0 Å². The average Bonchev–Trinajstić information content (AvgIpc) is 2.45. The standard InChI is InChI=1S/C15H19ClN4O/c1-4-9-17-14-18-13(16)19-15(20-14)21-12-8-6-5-7-11(12)10(2)3/h5-8,10H,4,9H2,1-3H3,(H,17,18,19,20). The van der Waals surface area contributed by atoms with Crippen molar-refractivity contribution in [2.45, 2.75) is 33.1 Å². The predicted molar refractivity (Wildman–Crippen MR) is 84.2 cm³/mol. The number of nitrogens with one attached hydrogen (secondary N) is 1. The molecule has 0 atom stereocenters. The first kappa shape index (κ1) is 15.5. The maximum atomic E-state index is 5.92. The molecule has 0 aliphatic rings. The Morgan fingerprint density at radius 2 is 1.95 bits per heavy atom.